The van der Waals surface area contributed by atoms with E-state index < -0.39 is 0 Å². The molecule has 152 valence electrons. The molecule has 0 unspecified atom stereocenters. The van der Waals surface area contributed by atoms with Crippen LogP contribution in [-0.4, -0.2) is 20.9 Å². The molecule has 31 heavy (non-hydrogen) atoms. The fraction of sp³-hybridized carbons (Fsp3) is 0. The van der Waals surface area contributed by atoms with Gasteiger partial charge in [0.2, 0.25) is 5.88 Å². The molecule has 1 aliphatic heterocycles. The van der Waals surface area contributed by atoms with E-state index in [0.29, 0.717) is 30.4 Å². The summed E-state index contributed by atoms with van der Waals surface area (Å²) in [6.07, 6.45) is 1.85. The third-order valence-corrected chi connectivity index (χ3v) is 6.51. The second-order valence-corrected chi connectivity index (χ2v) is 9.24. The number of fused-ring (bicyclic) bond motifs is 1. The number of thiazole rings is 1. The molecule has 0 aliphatic carbocycles. The summed E-state index contributed by atoms with van der Waals surface area (Å²) < 4.78 is 0.521. The number of benzene rings is 2. The third-order valence-electron chi connectivity index (χ3n) is 4.60. The Morgan fingerprint density at radius 3 is 2.58 bits per heavy atom. The summed E-state index contributed by atoms with van der Waals surface area (Å²) in [5.74, 6) is 0.599. The van der Waals surface area contributed by atoms with Crippen LogP contribution in [0.4, 0.5) is 5.69 Å². The van der Waals surface area contributed by atoms with E-state index >= 15 is 0 Å². The van der Waals surface area contributed by atoms with Crippen LogP contribution in [0.3, 0.4) is 0 Å². The van der Waals surface area contributed by atoms with E-state index in [9.17, 15) is 5.11 Å². The lowest BCUT2D eigenvalue weighted by atomic mass is 10.1. The van der Waals surface area contributed by atoms with Gasteiger partial charge >= 0.3 is 0 Å². The van der Waals surface area contributed by atoms with E-state index in [-0.39, 0.29) is 5.88 Å². The van der Waals surface area contributed by atoms with Crippen molar-refractivity contribution in [2.24, 2.45) is 9.98 Å². The topological polar surface area (TPSA) is 73.6 Å². The van der Waals surface area contributed by atoms with Crippen molar-refractivity contribution in [3.63, 3.8) is 0 Å². The molecule has 0 saturated carbocycles. The van der Waals surface area contributed by atoms with Gasteiger partial charge in [-0.2, -0.15) is 0 Å². The Bertz CT molecular complexity index is 1560. The zero-order valence-corrected chi connectivity index (χ0v) is 18.8. The van der Waals surface area contributed by atoms with E-state index in [0.717, 1.165) is 27.5 Å². The number of nitrogens with zero attached hydrogens (tertiary/aromatic N) is 3. The van der Waals surface area contributed by atoms with Gasteiger partial charge in [0.05, 0.1) is 31.7 Å². The molecular formula is C22H12Cl2N4OS2. The Kier molecular flexibility index (Phi) is 5.19. The molecule has 0 radical (unpaired) electrons. The predicted molar refractivity (Wildman–Crippen MR) is 128 cm³/mol. The van der Waals surface area contributed by atoms with Gasteiger partial charge in [-0.05, 0) is 59.9 Å². The minimum absolute atomic E-state index is 0.0627. The van der Waals surface area contributed by atoms with Crippen molar-refractivity contribution in [2.45, 2.75) is 0 Å². The van der Waals surface area contributed by atoms with Gasteiger partial charge in [-0.3, -0.25) is 0 Å². The van der Waals surface area contributed by atoms with Gasteiger partial charge in [0.1, 0.15) is 5.69 Å². The van der Waals surface area contributed by atoms with Gasteiger partial charge in [0, 0.05) is 5.56 Å². The summed E-state index contributed by atoms with van der Waals surface area (Å²) in [6.45, 7) is 0. The standard InChI is InChI=1S/C22H12Cl2N4OS2/c23-13-6-5-12(10-14(13)24)15-2-1-3-17(25-15)20-26-16-7-4-11(8-18(16)27-20)9-19-21(29)28-22(30)31-19/h1-10,29H,(H,28,30)/b11-9-. The molecule has 0 amide bonds. The van der Waals surface area contributed by atoms with Crippen molar-refractivity contribution in [3.05, 3.63) is 89.7 Å². The van der Waals surface area contributed by atoms with Crippen LogP contribution < -0.4 is 10.6 Å². The molecule has 5 rings (SSSR count). The number of aromatic hydroxyl groups is 1. The molecule has 0 atom stereocenters. The molecule has 0 spiro atoms. The van der Waals surface area contributed by atoms with Crippen LogP contribution in [-0.2, 0) is 0 Å². The number of amidine groups is 1. The molecule has 5 nitrogen and oxygen atoms in total. The number of aromatic nitrogens is 2. The first-order chi connectivity index (χ1) is 15.0. The maximum Gasteiger partial charge on any atom is 0.207 e. The Hall–Kier alpha value is -2.84. The average Bonchev–Trinajstić information content (AvgIpc) is 3.32. The van der Waals surface area contributed by atoms with Gasteiger partial charge in [-0.15, -0.1) is 11.3 Å². The van der Waals surface area contributed by atoms with Gasteiger partial charge in [0.15, 0.2) is 9.79 Å². The Labute approximate surface area is 195 Å². The second kappa shape index (κ2) is 8.01. The van der Waals surface area contributed by atoms with Crippen LogP contribution >= 0.6 is 46.8 Å². The Balaban J connectivity index is 1.51. The first-order valence-electron chi connectivity index (χ1n) is 9.10. The number of hydrogen-bond donors (Lipinski definition) is 2. The van der Waals surface area contributed by atoms with Gasteiger partial charge in [-0.25, -0.2) is 15.0 Å². The fourth-order valence-corrected chi connectivity index (χ4v) is 4.49. The van der Waals surface area contributed by atoms with Crippen LogP contribution in [0, 0.1) is 3.95 Å². The lowest BCUT2D eigenvalue weighted by Gasteiger charge is -2.05. The van der Waals surface area contributed by atoms with Crippen LogP contribution in [0.2, 0.25) is 10.0 Å². The maximum absolute atomic E-state index is 9.92. The highest BCUT2D eigenvalue weighted by Gasteiger charge is 2.13. The number of halogens is 2. The highest BCUT2D eigenvalue weighted by molar-refractivity contribution is 7.73. The molecule has 2 aromatic carbocycles. The second-order valence-electron chi connectivity index (χ2n) is 6.70. The monoisotopic (exact) mass is 482 g/mol. The Morgan fingerprint density at radius 1 is 0.968 bits per heavy atom. The lowest BCUT2D eigenvalue weighted by Crippen LogP contribution is -2.07. The molecule has 0 saturated heterocycles. The van der Waals surface area contributed by atoms with Gasteiger partial charge in [-0.1, -0.05) is 41.4 Å². The zero-order valence-electron chi connectivity index (χ0n) is 15.6. The van der Waals surface area contributed by atoms with E-state index in [4.69, 9.17) is 40.4 Å². The smallest absolute Gasteiger partial charge is 0.207 e. The van der Waals surface area contributed by atoms with Crippen molar-refractivity contribution < 1.29 is 5.11 Å². The molecule has 3 heterocycles. The van der Waals surface area contributed by atoms with Crippen LogP contribution in [0.25, 0.3) is 17.3 Å². The number of rotatable bonds is 3. The molecule has 2 aromatic heterocycles. The minimum atomic E-state index is 0.0627. The number of hydrogen-bond acceptors (Lipinski definition) is 6. The highest BCUT2D eigenvalue weighted by atomic mass is 35.5. The first kappa shape index (κ1) is 20.1. The average molecular weight is 483 g/mol. The third kappa shape index (κ3) is 4.05. The number of nitrogens with one attached hydrogen (secondary N) is 1. The quantitative estimate of drug-likeness (QED) is 0.382. The largest absolute Gasteiger partial charge is 0.494 e. The van der Waals surface area contributed by atoms with E-state index in [1.54, 1.807) is 12.1 Å². The molecule has 4 aromatic rings. The van der Waals surface area contributed by atoms with E-state index in [2.05, 4.69) is 15.0 Å². The van der Waals surface area contributed by atoms with E-state index in [1.807, 2.05) is 48.5 Å². The first-order valence-corrected chi connectivity index (χ1v) is 11.1. The van der Waals surface area contributed by atoms with Crippen molar-refractivity contribution in [1.82, 2.24) is 9.97 Å². The normalized spacial score (nSPS) is 13.1. The van der Waals surface area contributed by atoms with Crippen molar-refractivity contribution in [2.75, 3.05) is 0 Å². The van der Waals surface area contributed by atoms with Crippen LogP contribution in [0.5, 0.6) is 5.88 Å². The predicted octanol–water partition coefficient (Wildman–Crippen LogP) is 5.42. The van der Waals surface area contributed by atoms with E-state index in [1.165, 1.54) is 11.3 Å². The summed E-state index contributed by atoms with van der Waals surface area (Å²) in [5.41, 5.74) is 3.01. The van der Waals surface area contributed by atoms with Crippen LogP contribution in [0.15, 0.2) is 64.6 Å². The SMILES string of the molecule is Oc1[nH]c(=S)sc1/C=c1/ccc2c(c1)N=C(c1cccc(-c3ccc(Cl)c(Cl)c3)n1)N=2. The highest BCUT2D eigenvalue weighted by Crippen LogP contribution is 2.28. The number of H-pyrrole nitrogens is 1. The molecule has 0 bridgehead atoms. The summed E-state index contributed by atoms with van der Waals surface area (Å²) >= 11 is 18.5. The summed E-state index contributed by atoms with van der Waals surface area (Å²) in [5, 5.41) is 12.5. The number of pyridine rings is 1. The summed E-state index contributed by atoms with van der Waals surface area (Å²) in [6, 6.07) is 16.8. The fourth-order valence-electron chi connectivity index (χ4n) is 3.14. The molecule has 0 fully saturated rings. The van der Waals surface area contributed by atoms with Crippen LogP contribution in [0.1, 0.15) is 10.6 Å². The molecule has 9 heteroatoms. The summed E-state index contributed by atoms with van der Waals surface area (Å²) in [4.78, 5) is 17.4. The number of aromatic amines is 1. The minimum Gasteiger partial charge on any atom is -0.494 e. The molecule has 1 aliphatic rings. The maximum atomic E-state index is 9.92. The van der Waals surface area contributed by atoms with Crippen molar-refractivity contribution in [1.29, 1.82) is 0 Å². The van der Waals surface area contributed by atoms with Gasteiger partial charge < -0.3 is 10.1 Å². The summed E-state index contributed by atoms with van der Waals surface area (Å²) in [7, 11) is 0. The molecule has 2 N–H and O–H groups in total. The number of aliphatic imine (C=N–C) groups is 1. The molecular weight excluding hydrogens is 471 g/mol. The van der Waals surface area contributed by atoms with Crippen molar-refractivity contribution >= 4 is 64.4 Å². The zero-order chi connectivity index (χ0) is 21.5. The van der Waals surface area contributed by atoms with Crippen molar-refractivity contribution in [3.8, 4) is 17.1 Å². The Morgan fingerprint density at radius 2 is 1.81 bits per heavy atom. The van der Waals surface area contributed by atoms with Gasteiger partial charge in [0.25, 0.3) is 0 Å². The lowest BCUT2D eigenvalue weighted by molar-refractivity contribution is 0.456.